The number of aromatic nitrogens is 1. The summed E-state index contributed by atoms with van der Waals surface area (Å²) in [5, 5.41) is 11.5. The zero-order valence-electron chi connectivity index (χ0n) is 18.3. The van der Waals surface area contributed by atoms with E-state index in [1.807, 2.05) is 37.3 Å². The molecule has 0 unspecified atom stereocenters. The second kappa shape index (κ2) is 8.89. The smallest absolute Gasteiger partial charge is 0.232 e. The molecule has 33 heavy (non-hydrogen) atoms. The van der Waals surface area contributed by atoms with Crippen LogP contribution in [0.2, 0.25) is 5.02 Å². The fraction of sp³-hybridized carbons (Fsp3) is 0.231. The Bertz CT molecular complexity index is 1240. The van der Waals surface area contributed by atoms with Crippen LogP contribution in [0.15, 0.2) is 60.6 Å². The van der Waals surface area contributed by atoms with Gasteiger partial charge in [-0.2, -0.15) is 0 Å². The molecule has 0 aliphatic carbocycles. The number of aromatic hydroxyl groups is 1. The molecule has 2 aromatic carbocycles. The fourth-order valence-electron chi connectivity index (χ4n) is 4.40. The van der Waals surface area contributed by atoms with Crippen LogP contribution in [0.25, 0.3) is 6.08 Å². The number of hydrogen-bond acceptors (Lipinski definition) is 6. The van der Waals surface area contributed by atoms with Crippen molar-refractivity contribution in [2.75, 3.05) is 31.1 Å². The Kier molecular flexibility index (Phi) is 5.79. The number of nitrogens with zero attached hydrogens (tertiary/aromatic N) is 3. The molecular weight excluding hydrogens is 438 g/mol. The summed E-state index contributed by atoms with van der Waals surface area (Å²) < 4.78 is 6.04. The maximum absolute atomic E-state index is 13.1. The summed E-state index contributed by atoms with van der Waals surface area (Å²) in [5.74, 6) is 0.722. The van der Waals surface area contributed by atoms with Gasteiger partial charge in [-0.25, -0.2) is 0 Å². The van der Waals surface area contributed by atoms with Gasteiger partial charge < -0.3 is 14.7 Å². The Morgan fingerprint density at radius 3 is 2.61 bits per heavy atom. The molecule has 2 aliphatic heterocycles. The molecule has 3 heterocycles. The highest BCUT2D eigenvalue weighted by Gasteiger charge is 2.34. The van der Waals surface area contributed by atoms with Crippen molar-refractivity contribution in [2.24, 2.45) is 0 Å². The van der Waals surface area contributed by atoms with Gasteiger partial charge in [-0.15, -0.1) is 0 Å². The molecule has 0 atom stereocenters. The van der Waals surface area contributed by atoms with Gasteiger partial charge in [-0.1, -0.05) is 17.7 Å². The third-order valence-corrected chi connectivity index (χ3v) is 6.39. The van der Waals surface area contributed by atoms with E-state index in [2.05, 4.69) is 20.9 Å². The van der Waals surface area contributed by atoms with Gasteiger partial charge in [0.1, 0.15) is 11.5 Å². The van der Waals surface area contributed by atoms with E-state index in [-0.39, 0.29) is 17.3 Å². The Labute approximate surface area is 197 Å². The highest BCUT2D eigenvalue weighted by molar-refractivity contribution is 6.30. The van der Waals surface area contributed by atoms with E-state index >= 15 is 0 Å². The van der Waals surface area contributed by atoms with Gasteiger partial charge in [-0.05, 0) is 60.5 Å². The van der Waals surface area contributed by atoms with Crippen LogP contribution in [0, 0.1) is 6.92 Å². The molecule has 0 radical (unpaired) electrons. The minimum absolute atomic E-state index is 0.154. The second-order valence-electron chi connectivity index (χ2n) is 8.36. The van der Waals surface area contributed by atoms with Crippen molar-refractivity contribution in [3.8, 4) is 11.5 Å². The summed E-state index contributed by atoms with van der Waals surface area (Å²) in [4.78, 5) is 21.7. The minimum Gasteiger partial charge on any atom is -0.507 e. The van der Waals surface area contributed by atoms with Crippen LogP contribution in [0.4, 0.5) is 5.69 Å². The van der Waals surface area contributed by atoms with Crippen LogP contribution in [-0.2, 0) is 6.54 Å². The number of phenols is 1. The molecule has 1 aromatic heterocycles. The molecule has 7 heteroatoms. The molecule has 0 amide bonds. The van der Waals surface area contributed by atoms with Crippen molar-refractivity contribution in [1.82, 2.24) is 9.88 Å². The van der Waals surface area contributed by atoms with Gasteiger partial charge in [0.2, 0.25) is 5.78 Å². The number of Topliss-reactive ketones (excluding diaryl/α,β-unsaturated/α-hetero) is 1. The lowest BCUT2D eigenvalue weighted by Gasteiger charge is -2.36. The first kappa shape index (κ1) is 21.5. The van der Waals surface area contributed by atoms with E-state index in [1.165, 1.54) is 0 Å². The second-order valence-corrected chi connectivity index (χ2v) is 8.80. The number of pyridine rings is 1. The summed E-state index contributed by atoms with van der Waals surface area (Å²) in [6.07, 6.45) is 5.06. The van der Waals surface area contributed by atoms with Crippen LogP contribution in [0.1, 0.15) is 27.0 Å². The Hall–Kier alpha value is -3.35. The molecular formula is C26H24ClN3O3. The zero-order valence-corrected chi connectivity index (χ0v) is 19.0. The third kappa shape index (κ3) is 4.32. The van der Waals surface area contributed by atoms with Crippen LogP contribution in [0.5, 0.6) is 11.5 Å². The van der Waals surface area contributed by atoms with Crippen molar-refractivity contribution in [3.05, 3.63) is 87.9 Å². The molecule has 0 spiro atoms. The maximum Gasteiger partial charge on any atom is 0.232 e. The van der Waals surface area contributed by atoms with Crippen LogP contribution in [-0.4, -0.2) is 47.0 Å². The number of carbonyl (C=O) groups is 1. The number of piperazine rings is 1. The zero-order chi connectivity index (χ0) is 22.9. The first-order valence-corrected chi connectivity index (χ1v) is 11.3. The number of aryl methyl sites for hydroxylation is 1. The molecule has 3 aromatic rings. The fourth-order valence-corrected chi connectivity index (χ4v) is 4.59. The van der Waals surface area contributed by atoms with E-state index in [4.69, 9.17) is 16.3 Å². The first-order chi connectivity index (χ1) is 16.0. The van der Waals surface area contributed by atoms with E-state index < -0.39 is 0 Å². The average molecular weight is 462 g/mol. The Morgan fingerprint density at radius 2 is 1.88 bits per heavy atom. The van der Waals surface area contributed by atoms with Gasteiger partial charge in [0.05, 0.1) is 11.1 Å². The number of benzene rings is 2. The molecule has 0 bridgehead atoms. The largest absolute Gasteiger partial charge is 0.507 e. The number of fused-ring (bicyclic) bond motifs is 1. The molecule has 1 saturated heterocycles. The summed E-state index contributed by atoms with van der Waals surface area (Å²) >= 11 is 6.15. The van der Waals surface area contributed by atoms with E-state index in [0.717, 1.165) is 42.5 Å². The van der Waals surface area contributed by atoms with Gasteiger partial charge in [0.25, 0.3) is 0 Å². The van der Waals surface area contributed by atoms with E-state index in [1.54, 1.807) is 24.5 Å². The number of allylic oxidation sites excluding steroid dienone is 1. The highest BCUT2D eigenvalue weighted by Crippen LogP contribution is 2.42. The molecule has 0 saturated carbocycles. The van der Waals surface area contributed by atoms with Gasteiger partial charge >= 0.3 is 0 Å². The van der Waals surface area contributed by atoms with Gasteiger partial charge in [0, 0.05) is 55.8 Å². The minimum atomic E-state index is -0.161. The van der Waals surface area contributed by atoms with E-state index in [9.17, 15) is 9.90 Å². The number of phenolic OH excluding ortho intramolecular Hbond substituents is 1. The van der Waals surface area contributed by atoms with Crippen molar-refractivity contribution in [3.63, 3.8) is 0 Å². The molecule has 6 nitrogen and oxygen atoms in total. The van der Waals surface area contributed by atoms with Crippen LogP contribution >= 0.6 is 11.6 Å². The predicted molar refractivity (Wildman–Crippen MR) is 129 cm³/mol. The number of rotatable bonds is 4. The quantitative estimate of drug-likeness (QED) is 0.569. The standard InChI is InChI=1S/C26H24ClN3O3/c1-17-13-22(31)21(16-29-9-11-30(12-10-29)20-4-2-3-19(27)15-20)26-24(17)25(32)23(33-26)14-18-5-7-28-8-6-18/h2-8,13-15,31H,9-12,16H2,1H3/b23-14-. The van der Waals surface area contributed by atoms with Crippen molar-refractivity contribution in [2.45, 2.75) is 13.5 Å². The first-order valence-electron chi connectivity index (χ1n) is 10.9. The van der Waals surface area contributed by atoms with Gasteiger partial charge in [0.15, 0.2) is 5.76 Å². The third-order valence-electron chi connectivity index (χ3n) is 6.15. The normalized spacial score (nSPS) is 17.3. The van der Waals surface area contributed by atoms with Crippen molar-refractivity contribution < 1.29 is 14.6 Å². The average Bonchev–Trinajstić information content (AvgIpc) is 3.14. The molecule has 168 valence electrons. The lowest BCUT2D eigenvalue weighted by atomic mass is 9.99. The molecule has 1 N–H and O–H groups in total. The lowest BCUT2D eigenvalue weighted by molar-refractivity contribution is 0.101. The summed E-state index contributed by atoms with van der Waals surface area (Å²) in [6, 6.07) is 13.2. The Morgan fingerprint density at radius 1 is 1.12 bits per heavy atom. The molecule has 2 aliphatic rings. The van der Waals surface area contributed by atoms with Crippen molar-refractivity contribution >= 4 is 29.1 Å². The summed E-state index contributed by atoms with van der Waals surface area (Å²) in [7, 11) is 0. The molecule has 1 fully saturated rings. The summed E-state index contributed by atoms with van der Waals surface area (Å²) in [5.41, 5.74) is 3.84. The number of halogens is 1. The van der Waals surface area contributed by atoms with Gasteiger partial charge in [-0.3, -0.25) is 14.7 Å². The lowest BCUT2D eigenvalue weighted by Crippen LogP contribution is -2.46. The predicted octanol–water partition coefficient (Wildman–Crippen LogP) is 4.69. The molecule has 5 rings (SSSR count). The van der Waals surface area contributed by atoms with E-state index in [0.29, 0.717) is 29.0 Å². The number of ketones is 1. The van der Waals surface area contributed by atoms with Crippen LogP contribution in [0.3, 0.4) is 0 Å². The number of hydrogen-bond donors (Lipinski definition) is 1. The van der Waals surface area contributed by atoms with Crippen molar-refractivity contribution in [1.29, 1.82) is 0 Å². The highest BCUT2D eigenvalue weighted by atomic mass is 35.5. The topological polar surface area (TPSA) is 65.9 Å². The number of ether oxygens (including phenoxy) is 1. The number of carbonyl (C=O) groups excluding carboxylic acids is 1. The maximum atomic E-state index is 13.1. The summed E-state index contributed by atoms with van der Waals surface area (Å²) in [6.45, 7) is 5.67. The monoisotopic (exact) mass is 461 g/mol. The number of anilines is 1. The SMILES string of the molecule is Cc1cc(O)c(CN2CCN(c3cccc(Cl)c3)CC2)c2c1C(=O)/C(=C/c1ccncc1)O2. The Balaban J connectivity index is 1.36. The van der Waals surface area contributed by atoms with Crippen LogP contribution < -0.4 is 9.64 Å².